The molecule has 1 saturated carbocycles. The fraction of sp³-hybridized carbons (Fsp3) is 0.333. The molecule has 1 heterocycles. The van der Waals surface area contributed by atoms with Gasteiger partial charge in [-0.05, 0) is 31.0 Å². The van der Waals surface area contributed by atoms with Crippen molar-refractivity contribution in [2.75, 3.05) is 6.26 Å². The summed E-state index contributed by atoms with van der Waals surface area (Å²) in [7, 11) is -3.44. The van der Waals surface area contributed by atoms with Crippen LogP contribution in [0.2, 0.25) is 5.02 Å². The molecule has 0 spiro atoms. The molecule has 1 aromatic carbocycles. The number of hydrogen-bond acceptors (Lipinski definition) is 6. The van der Waals surface area contributed by atoms with Gasteiger partial charge < -0.3 is 0 Å². The Balaban J connectivity index is 2.00. The summed E-state index contributed by atoms with van der Waals surface area (Å²) in [5, 5.41) is 3.89. The van der Waals surface area contributed by atoms with Crippen LogP contribution in [0, 0.1) is 5.92 Å². The zero-order valence-corrected chi connectivity index (χ0v) is 14.3. The lowest BCUT2D eigenvalue weighted by atomic mass is 9.98. The SMILES string of the molecule is CS(=O)(=O)c1ccc(C(=O)C(C(=O)C2CC2)n2cncn2)c(Cl)c1. The fourth-order valence-electron chi connectivity index (χ4n) is 2.40. The van der Waals surface area contributed by atoms with E-state index >= 15 is 0 Å². The number of hydrogen-bond donors (Lipinski definition) is 0. The summed E-state index contributed by atoms with van der Waals surface area (Å²) >= 11 is 6.09. The van der Waals surface area contributed by atoms with E-state index in [9.17, 15) is 18.0 Å². The van der Waals surface area contributed by atoms with E-state index in [1.165, 1.54) is 35.5 Å². The highest BCUT2D eigenvalue weighted by molar-refractivity contribution is 7.90. The lowest BCUT2D eigenvalue weighted by molar-refractivity contribution is -0.122. The summed E-state index contributed by atoms with van der Waals surface area (Å²) in [6.07, 6.45) is 5.10. The predicted molar refractivity (Wildman–Crippen MR) is 85.7 cm³/mol. The molecule has 1 aliphatic rings. The second-order valence-corrected chi connectivity index (χ2v) is 8.16. The van der Waals surface area contributed by atoms with E-state index in [-0.39, 0.29) is 27.2 Å². The van der Waals surface area contributed by atoms with Crippen LogP contribution in [0.15, 0.2) is 35.7 Å². The average molecular weight is 368 g/mol. The van der Waals surface area contributed by atoms with Crippen molar-refractivity contribution in [3.8, 4) is 0 Å². The molecule has 0 bridgehead atoms. The van der Waals surface area contributed by atoms with Gasteiger partial charge in [0.05, 0.1) is 9.92 Å². The van der Waals surface area contributed by atoms with Gasteiger partial charge in [-0.25, -0.2) is 18.1 Å². The second kappa shape index (κ2) is 6.10. The van der Waals surface area contributed by atoms with Gasteiger partial charge in [0.1, 0.15) is 12.7 Å². The molecule has 1 unspecified atom stereocenters. The highest BCUT2D eigenvalue weighted by Gasteiger charge is 2.40. The maximum Gasteiger partial charge on any atom is 0.196 e. The van der Waals surface area contributed by atoms with Gasteiger partial charge in [0.25, 0.3) is 0 Å². The fourth-order valence-corrected chi connectivity index (χ4v) is 3.38. The number of halogens is 1. The topological polar surface area (TPSA) is 99.0 Å². The maximum absolute atomic E-state index is 12.9. The van der Waals surface area contributed by atoms with Crippen LogP contribution in [0.3, 0.4) is 0 Å². The molecule has 2 aromatic rings. The summed E-state index contributed by atoms with van der Waals surface area (Å²) in [6.45, 7) is 0. The average Bonchev–Trinajstić information content (AvgIpc) is 3.23. The molecular formula is C15H14ClN3O4S. The molecule has 1 aliphatic carbocycles. The summed E-state index contributed by atoms with van der Waals surface area (Å²) in [6, 6.07) is 2.70. The monoisotopic (exact) mass is 367 g/mol. The third-order valence-corrected chi connectivity index (χ3v) is 5.26. The molecule has 0 radical (unpaired) electrons. The number of Topliss-reactive ketones (excluding diaryl/α,β-unsaturated/α-hetero) is 2. The van der Waals surface area contributed by atoms with Gasteiger partial charge in [0.15, 0.2) is 27.4 Å². The molecule has 24 heavy (non-hydrogen) atoms. The zero-order chi connectivity index (χ0) is 17.5. The van der Waals surface area contributed by atoms with E-state index in [2.05, 4.69) is 10.1 Å². The number of ketones is 2. The molecule has 0 N–H and O–H groups in total. The minimum atomic E-state index is -3.44. The highest BCUT2D eigenvalue weighted by atomic mass is 35.5. The largest absolute Gasteiger partial charge is 0.296 e. The Bertz CT molecular complexity index is 905. The van der Waals surface area contributed by atoms with Crippen molar-refractivity contribution in [3.05, 3.63) is 41.4 Å². The Kier molecular flexibility index (Phi) is 4.27. The molecule has 1 fully saturated rings. The lowest BCUT2D eigenvalue weighted by Gasteiger charge is -2.15. The van der Waals surface area contributed by atoms with Crippen LogP contribution < -0.4 is 0 Å². The Morgan fingerprint density at radius 1 is 1.33 bits per heavy atom. The number of carbonyl (C=O) groups is 2. The number of nitrogens with zero attached hydrogens (tertiary/aromatic N) is 3. The Labute approximate surface area is 143 Å². The van der Waals surface area contributed by atoms with Crippen LogP contribution in [-0.2, 0) is 14.6 Å². The summed E-state index contributed by atoms with van der Waals surface area (Å²) in [5.74, 6) is -0.909. The summed E-state index contributed by atoms with van der Waals surface area (Å²) < 4.78 is 24.4. The van der Waals surface area contributed by atoms with Crippen molar-refractivity contribution in [1.29, 1.82) is 0 Å². The predicted octanol–water partition coefficient (Wildman–Crippen LogP) is 1.74. The number of carbonyl (C=O) groups excluding carboxylic acids is 2. The quantitative estimate of drug-likeness (QED) is 0.569. The van der Waals surface area contributed by atoms with Crippen molar-refractivity contribution in [3.63, 3.8) is 0 Å². The molecule has 0 aliphatic heterocycles. The van der Waals surface area contributed by atoms with Crippen LogP contribution in [-0.4, -0.2) is 41.0 Å². The summed E-state index contributed by atoms with van der Waals surface area (Å²) in [5.41, 5.74) is 0.0820. The van der Waals surface area contributed by atoms with E-state index < -0.39 is 21.7 Å². The minimum Gasteiger partial charge on any atom is -0.296 e. The summed E-state index contributed by atoms with van der Waals surface area (Å²) in [4.78, 5) is 29.2. The first-order valence-electron chi connectivity index (χ1n) is 7.20. The van der Waals surface area contributed by atoms with E-state index in [1.54, 1.807) is 0 Å². The number of rotatable bonds is 6. The van der Waals surface area contributed by atoms with Crippen LogP contribution in [0.25, 0.3) is 0 Å². The Morgan fingerprint density at radius 3 is 2.54 bits per heavy atom. The number of aromatic nitrogens is 3. The van der Waals surface area contributed by atoms with Crippen LogP contribution in [0.5, 0.6) is 0 Å². The van der Waals surface area contributed by atoms with Gasteiger partial charge in [-0.15, -0.1) is 0 Å². The molecule has 126 valence electrons. The maximum atomic E-state index is 12.9. The zero-order valence-electron chi connectivity index (χ0n) is 12.7. The normalized spacial score (nSPS) is 15.9. The second-order valence-electron chi connectivity index (χ2n) is 5.73. The molecule has 3 rings (SSSR count). The van der Waals surface area contributed by atoms with Gasteiger partial charge in [-0.3, -0.25) is 9.59 Å². The van der Waals surface area contributed by atoms with Crippen LogP contribution in [0.4, 0.5) is 0 Å². The van der Waals surface area contributed by atoms with Crippen molar-refractivity contribution >= 4 is 33.0 Å². The first-order valence-corrected chi connectivity index (χ1v) is 9.47. The lowest BCUT2D eigenvalue weighted by Crippen LogP contribution is -2.29. The van der Waals surface area contributed by atoms with Crippen LogP contribution in [0.1, 0.15) is 29.2 Å². The number of benzene rings is 1. The van der Waals surface area contributed by atoms with Crippen molar-refractivity contribution < 1.29 is 18.0 Å². The molecule has 0 saturated heterocycles. The third kappa shape index (κ3) is 3.25. The highest BCUT2D eigenvalue weighted by Crippen LogP contribution is 2.35. The van der Waals surface area contributed by atoms with E-state index in [0.717, 1.165) is 19.1 Å². The Morgan fingerprint density at radius 2 is 2.04 bits per heavy atom. The standard InChI is InChI=1S/C15H14ClN3O4S/c1-24(22,23)10-4-5-11(12(16)6-10)15(21)13(14(20)9-2-3-9)19-8-17-7-18-19/h4-9,13H,2-3H2,1H3. The third-order valence-electron chi connectivity index (χ3n) is 3.83. The van der Waals surface area contributed by atoms with Crippen molar-refractivity contribution in [1.82, 2.24) is 14.8 Å². The number of sulfone groups is 1. The molecule has 9 heteroatoms. The van der Waals surface area contributed by atoms with Crippen LogP contribution >= 0.6 is 11.6 Å². The smallest absolute Gasteiger partial charge is 0.196 e. The minimum absolute atomic E-state index is 0.00914. The van der Waals surface area contributed by atoms with E-state index in [4.69, 9.17) is 11.6 Å². The first-order chi connectivity index (χ1) is 11.3. The van der Waals surface area contributed by atoms with Gasteiger partial charge in [0, 0.05) is 17.7 Å². The molecular weight excluding hydrogens is 354 g/mol. The molecule has 7 nitrogen and oxygen atoms in total. The molecule has 0 amide bonds. The van der Waals surface area contributed by atoms with Crippen molar-refractivity contribution in [2.24, 2.45) is 5.92 Å². The Hall–Kier alpha value is -2.06. The van der Waals surface area contributed by atoms with Gasteiger partial charge in [-0.1, -0.05) is 11.6 Å². The molecule has 1 aromatic heterocycles. The van der Waals surface area contributed by atoms with E-state index in [0.29, 0.717) is 0 Å². The van der Waals surface area contributed by atoms with Gasteiger partial charge in [0.2, 0.25) is 0 Å². The van der Waals surface area contributed by atoms with Gasteiger partial charge in [-0.2, -0.15) is 5.10 Å². The first kappa shape index (κ1) is 16.8. The van der Waals surface area contributed by atoms with Gasteiger partial charge >= 0.3 is 0 Å². The van der Waals surface area contributed by atoms with E-state index in [1.807, 2.05) is 0 Å². The van der Waals surface area contributed by atoms with Crippen molar-refractivity contribution in [2.45, 2.75) is 23.8 Å². The molecule has 1 atom stereocenters.